The zero-order valence-corrected chi connectivity index (χ0v) is 14.3. The van der Waals surface area contributed by atoms with Gasteiger partial charge in [0, 0.05) is 10.4 Å². The molecule has 3 rings (SSSR count). The van der Waals surface area contributed by atoms with Crippen molar-refractivity contribution in [1.82, 2.24) is 0 Å². The van der Waals surface area contributed by atoms with E-state index in [0.717, 1.165) is 15.4 Å². The van der Waals surface area contributed by atoms with Crippen LogP contribution in [0.4, 0.5) is 5.69 Å². The second-order valence-corrected chi connectivity index (χ2v) is 6.22. The molecule has 2 N–H and O–H groups in total. The summed E-state index contributed by atoms with van der Waals surface area (Å²) in [5.41, 5.74) is 2.35. The number of methoxy groups -OCH3 is 1. The highest BCUT2D eigenvalue weighted by atomic mass is 32.1. The molecule has 3 aromatic rings. The van der Waals surface area contributed by atoms with Gasteiger partial charge in [-0.3, -0.25) is 4.79 Å². The van der Waals surface area contributed by atoms with Crippen LogP contribution < -0.4 is 10.9 Å². The Morgan fingerprint density at radius 1 is 1.00 bits per heavy atom. The van der Waals surface area contributed by atoms with Gasteiger partial charge >= 0.3 is 5.97 Å². The minimum atomic E-state index is -0.452. The van der Waals surface area contributed by atoms with E-state index in [1.54, 1.807) is 29.5 Å². The maximum Gasteiger partial charge on any atom is 0.337 e. The van der Waals surface area contributed by atoms with Gasteiger partial charge in [-0.25, -0.2) is 15.6 Å². The number of thiophene rings is 1. The van der Waals surface area contributed by atoms with Gasteiger partial charge in [0.05, 0.1) is 18.4 Å². The van der Waals surface area contributed by atoms with Gasteiger partial charge in [0.25, 0.3) is 5.91 Å². The van der Waals surface area contributed by atoms with Crippen molar-refractivity contribution in [2.24, 2.45) is 5.84 Å². The molecule has 0 saturated heterocycles. The number of ether oxygens (including phenoxy) is 1. The van der Waals surface area contributed by atoms with Crippen LogP contribution in [0.5, 0.6) is 0 Å². The number of esters is 1. The van der Waals surface area contributed by atoms with E-state index in [-0.39, 0.29) is 5.91 Å². The molecule has 0 atom stereocenters. The number of amides is 1. The summed E-state index contributed by atoms with van der Waals surface area (Å²) in [6, 6.07) is 17.6. The normalized spacial score (nSPS) is 10.3. The summed E-state index contributed by atoms with van der Waals surface area (Å²) in [6.45, 7) is 0. The molecule has 2 aromatic carbocycles. The maximum absolute atomic E-state index is 12.6. The van der Waals surface area contributed by atoms with Gasteiger partial charge in [-0.05, 0) is 53.4 Å². The molecular formula is C19H16N2O3S. The Morgan fingerprint density at radius 2 is 1.72 bits per heavy atom. The number of hydrogen-bond donors (Lipinski definition) is 1. The summed E-state index contributed by atoms with van der Waals surface area (Å²) in [7, 11) is 1.31. The van der Waals surface area contributed by atoms with E-state index in [4.69, 9.17) is 5.84 Å². The highest BCUT2D eigenvalue weighted by Gasteiger charge is 2.16. The SMILES string of the molecule is COC(=O)c1ccc(C(=O)N(N)c2cccc(-c3cccs3)c2)cc1. The molecule has 0 bridgehead atoms. The molecule has 0 aliphatic carbocycles. The Hall–Kier alpha value is -2.96. The Labute approximate surface area is 149 Å². The van der Waals surface area contributed by atoms with Crippen molar-refractivity contribution in [2.75, 3.05) is 12.1 Å². The molecule has 0 fully saturated rings. The van der Waals surface area contributed by atoms with Gasteiger partial charge < -0.3 is 4.74 Å². The summed E-state index contributed by atoms with van der Waals surface area (Å²) in [5, 5.41) is 3.10. The fraction of sp³-hybridized carbons (Fsp3) is 0.0526. The van der Waals surface area contributed by atoms with E-state index in [1.807, 2.05) is 35.7 Å². The molecule has 126 valence electrons. The van der Waals surface area contributed by atoms with E-state index in [2.05, 4.69) is 4.74 Å². The van der Waals surface area contributed by atoms with Gasteiger partial charge in [-0.15, -0.1) is 11.3 Å². The Balaban J connectivity index is 1.83. The summed E-state index contributed by atoms with van der Waals surface area (Å²) < 4.78 is 4.64. The summed E-state index contributed by atoms with van der Waals surface area (Å²) in [4.78, 5) is 25.1. The molecule has 0 saturated carbocycles. The van der Waals surface area contributed by atoms with E-state index < -0.39 is 5.97 Å². The number of nitrogens with zero attached hydrogens (tertiary/aromatic N) is 1. The van der Waals surface area contributed by atoms with Crippen LogP contribution in [0.2, 0.25) is 0 Å². The van der Waals surface area contributed by atoms with Crippen molar-refractivity contribution in [3.8, 4) is 10.4 Å². The molecule has 0 aliphatic rings. The molecule has 5 nitrogen and oxygen atoms in total. The minimum absolute atomic E-state index is 0.361. The monoisotopic (exact) mass is 352 g/mol. The Morgan fingerprint density at radius 3 is 2.36 bits per heavy atom. The fourth-order valence-electron chi connectivity index (χ4n) is 2.37. The van der Waals surface area contributed by atoms with Gasteiger partial charge in [0.15, 0.2) is 0 Å². The zero-order chi connectivity index (χ0) is 17.8. The molecule has 1 aromatic heterocycles. The first-order chi connectivity index (χ1) is 12.1. The zero-order valence-electron chi connectivity index (χ0n) is 13.5. The molecule has 0 spiro atoms. The first-order valence-corrected chi connectivity index (χ1v) is 8.39. The van der Waals surface area contributed by atoms with Crippen LogP contribution in [0.25, 0.3) is 10.4 Å². The lowest BCUT2D eigenvalue weighted by Crippen LogP contribution is -2.37. The lowest BCUT2D eigenvalue weighted by Gasteiger charge is -2.17. The number of rotatable bonds is 4. The second kappa shape index (κ2) is 7.29. The number of nitrogens with two attached hydrogens (primary N) is 1. The van der Waals surface area contributed by atoms with Crippen molar-refractivity contribution in [3.05, 3.63) is 77.2 Å². The third-order valence-electron chi connectivity index (χ3n) is 3.70. The molecule has 0 unspecified atom stereocenters. The standard InChI is InChI=1S/C19H16N2O3S/c1-24-19(23)14-9-7-13(8-10-14)18(22)21(20)16-5-2-4-15(12-16)17-6-3-11-25-17/h2-12H,20H2,1H3. The van der Waals surface area contributed by atoms with Crippen LogP contribution in [0.15, 0.2) is 66.0 Å². The molecule has 0 aliphatic heterocycles. The summed E-state index contributed by atoms with van der Waals surface area (Å²) in [5.74, 6) is 5.20. The quantitative estimate of drug-likeness (QED) is 0.336. The molecule has 1 heterocycles. The van der Waals surface area contributed by atoms with E-state index in [9.17, 15) is 9.59 Å². The van der Waals surface area contributed by atoms with Gasteiger partial charge in [-0.2, -0.15) is 0 Å². The van der Waals surface area contributed by atoms with Crippen molar-refractivity contribution in [1.29, 1.82) is 0 Å². The maximum atomic E-state index is 12.6. The predicted molar refractivity (Wildman–Crippen MR) is 98.5 cm³/mol. The van der Waals surface area contributed by atoms with Crippen molar-refractivity contribution < 1.29 is 14.3 Å². The number of benzene rings is 2. The summed E-state index contributed by atoms with van der Waals surface area (Å²) >= 11 is 1.62. The smallest absolute Gasteiger partial charge is 0.337 e. The predicted octanol–water partition coefficient (Wildman–Crippen LogP) is 3.72. The van der Waals surface area contributed by atoms with Crippen LogP contribution >= 0.6 is 11.3 Å². The lowest BCUT2D eigenvalue weighted by molar-refractivity contribution is 0.0600. The average Bonchev–Trinajstić information content (AvgIpc) is 3.21. The average molecular weight is 352 g/mol. The molecule has 0 radical (unpaired) electrons. The van der Waals surface area contributed by atoms with Gasteiger partial charge in [-0.1, -0.05) is 18.2 Å². The Bertz CT molecular complexity index is 889. The molecular weight excluding hydrogens is 336 g/mol. The van der Waals surface area contributed by atoms with Crippen molar-refractivity contribution in [3.63, 3.8) is 0 Å². The molecule has 1 amide bonds. The number of carbonyl (C=O) groups is 2. The molecule has 25 heavy (non-hydrogen) atoms. The highest BCUT2D eigenvalue weighted by Crippen LogP contribution is 2.28. The van der Waals surface area contributed by atoms with Gasteiger partial charge in [0.1, 0.15) is 0 Å². The number of hydrazine groups is 1. The van der Waals surface area contributed by atoms with Gasteiger partial charge in [0.2, 0.25) is 0 Å². The number of hydrogen-bond acceptors (Lipinski definition) is 5. The van der Waals surface area contributed by atoms with E-state index >= 15 is 0 Å². The molecule has 6 heteroatoms. The van der Waals surface area contributed by atoms with Crippen LogP contribution in [-0.2, 0) is 4.74 Å². The lowest BCUT2D eigenvalue weighted by atomic mass is 10.1. The first kappa shape index (κ1) is 16.9. The third-order valence-corrected chi connectivity index (χ3v) is 4.62. The number of anilines is 1. The topological polar surface area (TPSA) is 72.6 Å². The van der Waals surface area contributed by atoms with Crippen molar-refractivity contribution in [2.45, 2.75) is 0 Å². The third kappa shape index (κ3) is 3.60. The van der Waals surface area contributed by atoms with Crippen LogP contribution in [-0.4, -0.2) is 19.0 Å². The van der Waals surface area contributed by atoms with Crippen LogP contribution in [0, 0.1) is 0 Å². The number of carbonyl (C=O) groups excluding carboxylic acids is 2. The fourth-order valence-corrected chi connectivity index (χ4v) is 3.10. The minimum Gasteiger partial charge on any atom is -0.465 e. The van der Waals surface area contributed by atoms with Crippen molar-refractivity contribution >= 4 is 28.9 Å². The largest absolute Gasteiger partial charge is 0.465 e. The van der Waals surface area contributed by atoms with E-state index in [0.29, 0.717) is 16.8 Å². The highest BCUT2D eigenvalue weighted by molar-refractivity contribution is 7.13. The first-order valence-electron chi connectivity index (χ1n) is 7.51. The Kier molecular flexibility index (Phi) is 4.92. The summed E-state index contributed by atoms with van der Waals surface area (Å²) in [6.07, 6.45) is 0. The van der Waals surface area contributed by atoms with Crippen LogP contribution in [0.3, 0.4) is 0 Å². The van der Waals surface area contributed by atoms with Crippen LogP contribution in [0.1, 0.15) is 20.7 Å². The van der Waals surface area contributed by atoms with E-state index in [1.165, 1.54) is 19.2 Å². The second-order valence-electron chi connectivity index (χ2n) is 5.27.